The summed E-state index contributed by atoms with van der Waals surface area (Å²) in [5.74, 6) is -2.52. The molecule has 3 aliphatic rings. The Bertz CT molecular complexity index is 1380. The van der Waals surface area contributed by atoms with Crippen LogP contribution < -0.4 is 4.90 Å². The molecule has 0 saturated carbocycles. The van der Waals surface area contributed by atoms with Gasteiger partial charge in [0.1, 0.15) is 11.6 Å². The third-order valence-electron chi connectivity index (χ3n) is 9.38. The van der Waals surface area contributed by atoms with Crippen LogP contribution in [0.2, 0.25) is 5.02 Å². The van der Waals surface area contributed by atoms with Crippen molar-refractivity contribution in [2.45, 2.75) is 62.9 Å². The number of amides is 3. The quantitative estimate of drug-likeness (QED) is 0.357. The zero-order chi connectivity index (χ0) is 30.9. The molecule has 8 nitrogen and oxygen atoms in total. The number of benzene rings is 2. The van der Waals surface area contributed by atoms with E-state index < -0.39 is 35.1 Å². The summed E-state index contributed by atoms with van der Waals surface area (Å²) in [5, 5.41) is 10.9. The largest absolute Gasteiger partial charge is 0.394 e. The Morgan fingerprint density at radius 3 is 2.37 bits per heavy atom. The Labute approximate surface area is 258 Å². The lowest BCUT2D eigenvalue weighted by Crippen LogP contribution is -2.59. The van der Waals surface area contributed by atoms with Crippen LogP contribution in [-0.4, -0.2) is 75.6 Å². The zero-order valence-corrected chi connectivity index (χ0v) is 25.6. The van der Waals surface area contributed by atoms with Gasteiger partial charge in [-0.15, -0.1) is 13.2 Å². The Hall–Kier alpha value is -3.46. The topological polar surface area (TPSA) is 90.4 Å². The number of fused-ring (bicyclic) bond motifs is 1. The van der Waals surface area contributed by atoms with Crippen molar-refractivity contribution in [3.8, 4) is 0 Å². The summed E-state index contributed by atoms with van der Waals surface area (Å²) >= 11 is 6.14. The predicted octanol–water partition coefficient (Wildman–Crippen LogP) is 4.61. The van der Waals surface area contributed by atoms with Crippen LogP contribution in [0.25, 0.3) is 0 Å². The van der Waals surface area contributed by atoms with E-state index in [-0.39, 0.29) is 30.9 Å². The molecule has 3 amide bonds. The highest BCUT2D eigenvalue weighted by Gasteiger charge is 2.78. The van der Waals surface area contributed by atoms with Crippen molar-refractivity contribution in [2.24, 2.45) is 11.8 Å². The SMILES string of the molecule is C=CCN(Cc1ccccc1)C(=O)[C@H]1[C@H]2C(=O)N([C@@H](CC)CO)C(C(=O)N(CC=C)c3ccc(Cl)cc3)C23CC[C@]1(C)O3. The highest BCUT2D eigenvalue weighted by atomic mass is 35.5. The maximum Gasteiger partial charge on any atom is 0.253 e. The lowest BCUT2D eigenvalue weighted by Gasteiger charge is -2.39. The minimum Gasteiger partial charge on any atom is -0.394 e. The van der Waals surface area contributed by atoms with Crippen molar-refractivity contribution in [2.75, 3.05) is 24.6 Å². The van der Waals surface area contributed by atoms with E-state index in [4.69, 9.17) is 16.3 Å². The van der Waals surface area contributed by atoms with Gasteiger partial charge in [0.15, 0.2) is 0 Å². The Morgan fingerprint density at radius 1 is 1.09 bits per heavy atom. The number of halogens is 1. The van der Waals surface area contributed by atoms with E-state index in [0.717, 1.165) is 5.56 Å². The van der Waals surface area contributed by atoms with Crippen LogP contribution in [0.5, 0.6) is 0 Å². The molecule has 2 unspecified atom stereocenters. The third kappa shape index (κ3) is 5.19. The molecule has 0 aliphatic carbocycles. The second-order valence-corrected chi connectivity index (χ2v) is 12.4. The molecule has 1 N–H and O–H groups in total. The molecule has 1 spiro atoms. The molecule has 3 aliphatic heterocycles. The monoisotopic (exact) mass is 605 g/mol. The van der Waals surface area contributed by atoms with Gasteiger partial charge in [0.25, 0.3) is 5.91 Å². The van der Waals surface area contributed by atoms with E-state index in [1.54, 1.807) is 46.2 Å². The molecule has 0 radical (unpaired) electrons. The maximum absolute atomic E-state index is 14.7. The van der Waals surface area contributed by atoms with Crippen LogP contribution in [0.3, 0.4) is 0 Å². The number of nitrogens with zero attached hydrogens (tertiary/aromatic N) is 3. The molecule has 6 atom stereocenters. The van der Waals surface area contributed by atoms with Crippen LogP contribution in [0, 0.1) is 11.8 Å². The number of hydrogen-bond donors (Lipinski definition) is 1. The van der Waals surface area contributed by atoms with Gasteiger partial charge in [-0.25, -0.2) is 0 Å². The van der Waals surface area contributed by atoms with Gasteiger partial charge < -0.3 is 24.5 Å². The van der Waals surface area contributed by atoms with Crippen molar-refractivity contribution in [3.63, 3.8) is 0 Å². The minimum atomic E-state index is -1.22. The number of aliphatic hydroxyl groups is 1. The summed E-state index contributed by atoms with van der Waals surface area (Å²) in [6.45, 7) is 12.0. The molecular formula is C34H40ClN3O5. The number of aliphatic hydroxyl groups excluding tert-OH is 1. The first-order chi connectivity index (χ1) is 20.7. The van der Waals surface area contributed by atoms with Crippen LogP contribution >= 0.6 is 11.6 Å². The second-order valence-electron chi connectivity index (χ2n) is 11.9. The lowest BCUT2D eigenvalue weighted by atomic mass is 9.66. The Kier molecular flexibility index (Phi) is 8.84. The third-order valence-corrected chi connectivity index (χ3v) is 9.64. The van der Waals surface area contributed by atoms with E-state index in [1.807, 2.05) is 44.2 Å². The van der Waals surface area contributed by atoms with E-state index in [9.17, 15) is 19.5 Å². The highest BCUT2D eigenvalue weighted by Crippen LogP contribution is 2.64. The van der Waals surface area contributed by atoms with Crippen molar-refractivity contribution >= 4 is 35.0 Å². The van der Waals surface area contributed by atoms with Gasteiger partial charge in [0.05, 0.1) is 30.1 Å². The molecule has 0 aromatic heterocycles. The van der Waals surface area contributed by atoms with Gasteiger partial charge in [-0.1, -0.05) is 61.0 Å². The van der Waals surface area contributed by atoms with E-state index in [1.165, 1.54) is 4.90 Å². The van der Waals surface area contributed by atoms with Gasteiger partial charge in [-0.3, -0.25) is 14.4 Å². The summed E-state index contributed by atoms with van der Waals surface area (Å²) in [7, 11) is 0. The molecule has 3 heterocycles. The Morgan fingerprint density at radius 2 is 1.77 bits per heavy atom. The second kappa shape index (κ2) is 12.3. The van der Waals surface area contributed by atoms with E-state index in [2.05, 4.69) is 13.2 Å². The van der Waals surface area contributed by atoms with Crippen molar-refractivity contribution in [1.29, 1.82) is 0 Å². The van der Waals surface area contributed by atoms with Gasteiger partial charge in [-0.05, 0) is 56.0 Å². The summed E-state index contributed by atoms with van der Waals surface area (Å²) in [5.41, 5.74) is -0.583. The van der Waals surface area contributed by atoms with Gasteiger partial charge in [0, 0.05) is 30.3 Å². The maximum atomic E-state index is 14.7. The number of anilines is 1. The molecule has 2 bridgehead atoms. The molecule has 9 heteroatoms. The number of rotatable bonds is 12. The fourth-order valence-corrected chi connectivity index (χ4v) is 7.56. The van der Waals surface area contributed by atoms with Gasteiger partial charge in [0.2, 0.25) is 11.8 Å². The summed E-state index contributed by atoms with van der Waals surface area (Å²) in [6.07, 6.45) is 4.71. The van der Waals surface area contributed by atoms with Crippen LogP contribution in [0.15, 0.2) is 79.9 Å². The van der Waals surface area contributed by atoms with E-state index >= 15 is 0 Å². The molecule has 3 fully saturated rings. The smallest absolute Gasteiger partial charge is 0.253 e. The predicted molar refractivity (Wildman–Crippen MR) is 166 cm³/mol. The number of carbonyl (C=O) groups is 3. The number of ether oxygens (including phenoxy) is 1. The fraction of sp³-hybridized carbons (Fsp3) is 0.441. The van der Waals surface area contributed by atoms with Crippen LogP contribution in [-0.2, 0) is 25.7 Å². The summed E-state index contributed by atoms with van der Waals surface area (Å²) < 4.78 is 6.83. The van der Waals surface area contributed by atoms with Crippen molar-refractivity contribution in [1.82, 2.24) is 9.80 Å². The molecule has 5 rings (SSSR count). The number of hydrogen-bond acceptors (Lipinski definition) is 5. The highest BCUT2D eigenvalue weighted by molar-refractivity contribution is 6.30. The van der Waals surface area contributed by atoms with Crippen LogP contribution in [0.4, 0.5) is 5.69 Å². The van der Waals surface area contributed by atoms with E-state index in [0.29, 0.717) is 43.1 Å². The average molecular weight is 606 g/mol. The molecule has 2 aromatic rings. The fourth-order valence-electron chi connectivity index (χ4n) is 7.44. The first kappa shape index (κ1) is 31.0. The average Bonchev–Trinajstić information content (AvgIpc) is 3.57. The summed E-state index contributed by atoms with van der Waals surface area (Å²) in [4.78, 5) is 48.5. The molecule has 43 heavy (non-hydrogen) atoms. The van der Waals surface area contributed by atoms with Gasteiger partial charge >= 0.3 is 0 Å². The standard InChI is InChI=1S/C34H40ClN3O5/c1-5-19-36(21-23-11-9-8-10-12-23)30(40)27-28-31(41)38(25(7-3)22-39)29(34(28)18-17-33(27,4)43-34)32(42)37(20-6-2)26-15-13-24(35)14-16-26/h5-6,8-16,25,27-29,39H,1-2,7,17-22H2,3-4H3/t25-,27+,28-,29?,33-,34?/m0/s1. The first-order valence-electron chi connectivity index (χ1n) is 14.9. The number of likely N-dealkylation sites (tertiary alicyclic amines) is 1. The normalized spacial score (nSPS) is 28.0. The van der Waals surface area contributed by atoms with Gasteiger partial charge in [-0.2, -0.15) is 0 Å². The lowest BCUT2D eigenvalue weighted by molar-refractivity contribution is -0.152. The zero-order valence-electron chi connectivity index (χ0n) is 24.8. The molecule has 2 aromatic carbocycles. The molecular weight excluding hydrogens is 566 g/mol. The Balaban J connectivity index is 1.58. The first-order valence-corrected chi connectivity index (χ1v) is 15.3. The minimum absolute atomic E-state index is 0.194. The number of carbonyl (C=O) groups excluding carboxylic acids is 3. The molecule has 228 valence electrons. The summed E-state index contributed by atoms with van der Waals surface area (Å²) in [6, 6.07) is 15.0. The molecule has 3 saturated heterocycles. The van der Waals surface area contributed by atoms with Crippen LogP contribution in [0.1, 0.15) is 38.7 Å². The van der Waals surface area contributed by atoms with Crippen molar-refractivity contribution < 1.29 is 24.2 Å². The van der Waals surface area contributed by atoms with Crippen molar-refractivity contribution in [3.05, 3.63) is 90.5 Å².